The SMILES string of the molecule is Nc1nc(Nc2cccc(SCCO)c2)sc1C(=O)c1c(Cl)cccc1Cl. The average Bonchev–Trinajstić information content (AvgIpc) is 3.00. The van der Waals surface area contributed by atoms with E-state index in [0.29, 0.717) is 10.9 Å². The van der Waals surface area contributed by atoms with E-state index in [0.717, 1.165) is 21.9 Å². The lowest BCUT2D eigenvalue weighted by molar-refractivity contribution is 0.104. The van der Waals surface area contributed by atoms with Crippen molar-refractivity contribution in [1.29, 1.82) is 0 Å². The van der Waals surface area contributed by atoms with Crippen LogP contribution < -0.4 is 11.1 Å². The van der Waals surface area contributed by atoms with Gasteiger partial charge in [-0.1, -0.05) is 46.7 Å². The Labute approximate surface area is 174 Å². The van der Waals surface area contributed by atoms with Gasteiger partial charge < -0.3 is 16.2 Å². The number of thiazole rings is 1. The van der Waals surface area contributed by atoms with Crippen LogP contribution in [0.2, 0.25) is 10.0 Å². The molecule has 1 aromatic heterocycles. The van der Waals surface area contributed by atoms with Gasteiger partial charge in [-0.3, -0.25) is 4.79 Å². The van der Waals surface area contributed by atoms with Crippen LogP contribution in [0.4, 0.5) is 16.6 Å². The van der Waals surface area contributed by atoms with Gasteiger partial charge in [-0.25, -0.2) is 4.98 Å². The van der Waals surface area contributed by atoms with Gasteiger partial charge in [0.25, 0.3) is 0 Å². The molecular formula is C18H15Cl2N3O2S2. The highest BCUT2D eigenvalue weighted by atomic mass is 35.5. The lowest BCUT2D eigenvalue weighted by Gasteiger charge is -2.05. The molecule has 0 fully saturated rings. The molecule has 3 rings (SSSR count). The predicted molar refractivity (Wildman–Crippen MR) is 114 cm³/mol. The van der Waals surface area contributed by atoms with Crippen molar-refractivity contribution >= 4 is 68.7 Å². The zero-order valence-electron chi connectivity index (χ0n) is 13.9. The number of ketones is 1. The molecule has 27 heavy (non-hydrogen) atoms. The van der Waals surface area contributed by atoms with Gasteiger partial charge in [0.1, 0.15) is 10.7 Å². The minimum Gasteiger partial charge on any atom is -0.396 e. The summed E-state index contributed by atoms with van der Waals surface area (Å²) in [4.78, 5) is 18.3. The number of aliphatic hydroxyl groups is 1. The van der Waals surface area contributed by atoms with Crippen molar-refractivity contribution in [2.24, 2.45) is 0 Å². The quantitative estimate of drug-likeness (QED) is 0.350. The molecule has 0 amide bonds. The van der Waals surface area contributed by atoms with E-state index in [1.165, 1.54) is 0 Å². The standard InChI is InChI=1S/C18H15Cl2N3O2S2/c19-12-5-2-6-13(20)14(12)15(25)16-17(21)23-18(27-16)22-10-3-1-4-11(9-10)26-8-7-24/h1-6,9,24H,7-8,21H2,(H,22,23). The van der Waals surface area contributed by atoms with Gasteiger partial charge in [0.05, 0.1) is 22.2 Å². The summed E-state index contributed by atoms with van der Waals surface area (Å²) in [6.45, 7) is 0.113. The van der Waals surface area contributed by atoms with Gasteiger partial charge in [0.2, 0.25) is 5.78 Å². The van der Waals surface area contributed by atoms with Crippen molar-refractivity contribution in [3.63, 3.8) is 0 Å². The zero-order valence-corrected chi connectivity index (χ0v) is 17.1. The Balaban J connectivity index is 1.84. The van der Waals surface area contributed by atoms with Gasteiger partial charge in [-0.15, -0.1) is 11.8 Å². The number of hydrogen-bond acceptors (Lipinski definition) is 7. The van der Waals surface area contributed by atoms with Crippen LogP contribution >= 0.6 is 46.3 Å². The monoisotopic (exact) mass is 439 g/mol. The van der Waals surface area contributed by atoms with E-state index < -0.39 is 0 Å². The highest BCUT2D eigenvalue weighted by molar-refractivity contribution is 7.99. The molecule has 0 bridgehead atoms. The third-order valence-corrected chi connectivity index (χ3v) is 6.08. The van der Waals surface area contributed by atoms with Crippen LogP contribution in [-0.2, 0) is 0 Å². The second-order valence-corrected chi connectivity index (χ2v) is 8.37. The molecule has 0 saturated heterocycles. The highest BCUT2D eigenvalue weighted by Crippen LogP contribution is 2.34. The minimum absolute atomic E-state index is 0.113. The summed E-state index contributed by atoms with van der Waals surface area (Å²) in [6, 6.07) is 12.5. The van der Waals surface area contributed by atoms with E-state index in [-0.39, 0.29) is 38.7 Å². The number of nitrogens with two attached hydrogens (primary N) is 1. The van der Waals surface area contributed by atoms with Crippen LogP contribution in [0, 0.1) is 0 Å². The fourth-order valence-electron chi connectivity index (χ4n) is 2.33. The predicted octanol–water partition coefficient (Wildman–Crippen LogP) is 5.09. The number of nitrogens with one attached hydrogen (secondary N) is 1. The fourth-order valence-corrected chi connectivity index (χ4v) is 4.46. The number of halogens is 2. The average molecular weight is 440 g/mol. The van der Waals surface area contributed by atoms with Crippen LogP contribution in [0.3, 0.4) is 0 Å². The molecule has 140 valence electrons. The van der Waals surface area contributed by atoms with Crippen molar-refractivity contribution in [2.45, 2.75) is 4.90 Å². The Morgan fingerprint density at radius 2 is 1.93 bits per heavy atom. The largest absolute Gasteiger partial charge is 0.396 e. The van der Waals surface area contributed by atoms with Crippen molar-refractivity contribution in [2.75, 3.05) is 23.4 Å². The molecule has 5 nitrogen and oxygen atoms in total. The van der Waals surface area contributed by atoms with Gasteiger partial charge in [-0.05, 0) is 30.3 Å². The number of carbonyl (C=O) groups is 1. The maximum atomic E-state index is 12.8. The lowest BCUT2D eigenvalue weighted by Crippen LogP contribution is -2.04. The van der Waals surface area contributed by atoms with Crippen molar-refractivity contribution < 1.29 is 9.90 Å². The van der Waals surface area contributed by atoms with E-state index in [4.69, 9.17) is 34.0 Å². The first kappa shape index (κ1) is 20.0. The van der Waals surface area contributed by atoms with Crippen molar-refractivity contribution in [1.82, 2.24) is 4.98 Å². The summed E-state index contributed by atoms with van der Waals surface area (Å²) in [5, 5.41) is 13.1. The number of rotatable bonds is 7. The van der Waals surface area contributed by atoms with Crippen LogP contribution in [0.5, 0.6) is 0 Å². The summed E-state index contributed by atoms with van der Waals surface area (Å²) >= 11 is 14.9. The summed E-state index contributed by atoms with van der Waals surface area (Å²) < 4.78 is 0. The van der Waals surface area contributed by atoms with Gasteiger partial charge in [0, 0.05) is 16.3 Å². The molecule has 0 unspecified atom stereocenters. The van der Waals surface area contributed by atoms with Crippen LogP contribution in [-0.4, -0.2) is 28.2 Å². The number of thioether (sulfide) groups is 1. The van der Waals surface area contributed by atoms with Crippen LogP contribution in [0.25, 0.3) is 0 Å². The molecule has 3 aromatic rings. The van der Waals surface area contributed by atoms with Crippen LogP contribution in [0.1, 0.15) is 15.2 Å². The van der Waals surface area contributed by atoms with E-state index in [9.17, 15) is 4.79 Å². The molecule has 0 radical (unpaired) electrons. The van der Waals surface area contributed by atoms with Gasteiger partial charge in [0.15, 0.2) is 5.13 Å². The molecule has 1 heterocycles. The molecule has 0 aliphatic heterocycles. The third-order valence-electron chi connectivity index (χ3n) is 3.49. The maximum absolute atomic E-state index is 12.8. The van der Waals surface area contributed by atoms with Crippen molar-refractivity contribution in [3.05, 3.63) is 63.0 Å². The number of benzene rings is 2. The maximum Gasteiger partial charge on any atom is 0.209 e. The summed E-state index contributed by atoms with van der Waals surface area (Å²) in [5.41, 5.74) is 6.97. The smallest absolute Gasteiger partial charge is 0.209 e. The van der Waals surface area contributed by atoms with E-state index in [2.05, 4.69) is 10.3 Å². The Bertz CT molecular complexity index is 959. The van der Waals surface area contributed by atoms with Crippen LogP contribution in [0.15, 0.2) is 47.4 Å². The third kappa shape index (κ3) is 4.75. The molecule has 9 heteroatoms. The normalized spacial score (nSPS) is 10.8. The molecule has 0 saturated carbocycles. The second kappa shape index (κ2) is 8.95. The number of aliphatic hydroxyl groups excluding tert-OH is 1. The molecule has 0 aliphatic carbocycles. The second-order valence-electron chi connectivity index (χ2n) is 5.38. The number of nitrogen functional groups attached to an aromatic ring is 1. The minimum atomic E-state index is -0.360. The van der Waals surface area contributed by atoms with Gasteiger partial charge in [-0.2, -0.15) is 0 Å². The molecule has 0 atom stereocenters. The Morgan fingerprint density at radius 3 is 2.63 bits per heavy atom. The molecule has 0 aliphatic rings. The Hall–Kier alpha value is -1.77. The first-order chi connectivity index (χ1) is 13.0. The molecule has 2 aromatic carbocycles. The van der Waals surface area contributed by atoms with Gasteiger partial charge >= 0.3 is 0 Å². The number of nitrogens with zero attached hydrogens (tertiary/aromatic N) is 1. The summed E-state index contributed by atoms with van der Waals surface area (Å²) in [6.07, 6.45) is 0. The number of aromatic nitrogens is 1. The number of carbonyl (C=O) groups excluding carboxylic acids is 1. The number of hydrogen-bond donors (Lipinski definition) is 3. The molecular weight excluding hydrogens is 425 g/mol. The molecule has 4 N–H and O–H groups in total. The first-order valence-electron chi connectivity index (χ1n) is 7.85. The summed E-state index contributed by atoms with van der Waals surface area (Å²) in [5.74, 6) is 0.375. The lowest BCUT2D eigenvalue weighted by atomic mass is 10.1. The van der Waals surface area contributed by atoms with E-state index >= 15 is 0 Å². The highest BCUT2D eigenvalue weighted by Gasteiger charge is 2.22. The topological polar surface area (TPSA) is 88.2 Å². The fraction of sp³-hybridized carbons (Fsp3) is 0.111. The van der Waals surface area contributed by atoms with Crippen molar-refractivity contribution in [3.8, 4) is 0 Å². The first-order valence-corrected chi connectivity index (χ1v) is 10.4. The van der Waals surface area contributed by atoms with E-state index in [1.807, 2.05) is 24.3 Å². The Kier molecular flexibility index (Phi) is 6.62. The number of anilines is 3. The Morgan fingerprint density at radius 1 is 1.22 bits per heavy atom. The summed E-state index contributed by atoms with van der Waals surface area (Å²) in [7, 11) is 0. The van der Waals surface area contributed by atoms with E-state index in [1.54, 1.807) is 30.0 Å². The molecule has 0 spiro atoms. The zero-order chi connectivity index (χ0) is 19.4.